The molecule has 3 atom stereocenters. The van der Waals surface area contributed by atoms with Gasteiger partial charge in [0.05, 0.1) is 12.2 Å². The Hall–Kier alpha value is 0.440. The minimum absolute atomic E-state index is 0.502. The van der Waals surface area contributed by atoms with Crippen molar-refractivity contribution in [1.82, 2.24) is 0 Å². The molecule has 1 aliphatic rings. The van der Waals surface area contributed by atoms with Crippen LogP contribution in [0.4, 0.5) is 0 Å². The van der Waals surface area contributed by atoms with Crippen molar-refractivity contribution >= 4 is 15.9 Å². The van der Waals surface area contributed by atoms with Gasteiger partial charge >= 0.3 is 0 Å². The fourth-order valence-electron chi connectivity index (χ4n) is 2.10. The second-order valence-corrected chi connectivity index (χ2v) is 4.84. The van der Waals surface area contributed by atoms with Crippen LogP contribution in [0.3, 0.4) is 0 Å². The quantitative estimate of drug-likeness (QED) is 0.674. The molecule has 1 saturated heterocycles. The molecule has 0 N–H and O–H groups in total. The lowest BCUT2D eigenvalue weighted by Gasteiger charge is -2.17. The summed E-state index contributed by atoms with van der Waals surface area (Å²) in [6.07, 6.45) is 7.45. The third kappa shape index (κ3) is 3.99. The van der Waals surface area contributed by atoms with Gasteiger partial charge in [-0.2, -0.15) is 0 Å². The largest absolute Gasteiger partial charge is 0.375 e. The number of rotatable bonds is 5. The molecule has 0 radical (unpaired) electrons. The van der Waals surface area contributed by atoms with E-state index in [0.717, 1.165) is 11.2 Å². The zero-order valence-corrected chi connectivity index (χ0v) is 10.3. The Labute approximate surface area is 90.4 Å². The van der Waals surface area contributed by atoms with Gasteiger partial charge in [0.1, 0.15) is 0 Å². The summed E-state index contributed by atoms with van der Waals surface area (Å²) >= 11 is 3.58. The summed E-state index contributed by atoms with van der Waals surface area (Å²) < 4.78 is 5.82. The first-order valence-electron chi connectivity index (χ1n) is 5.47. The summed E-state index contributed by atoms with van der Waals surface area (Å²) in [7, 11) is 0. The van der Waals surface area contributed by atoms with Gasteiger partial charge in [0.15, 0.2) is 0 Å². The Balaban J connectivity index is 2.21. The summed E-state index contributed by atoms with van der Waals surface area (Å²) in [6.45, 7) is 4.44. The van der Waals surface area contributed by atoms with Gasteiger partial charge in [0.2, 0.25) is 0 Å². The number of hydrogen-bond donors (Lipinski definition) is 0. The minimum atomic E-state index is 0.502. The van der Waals surface area contributed by atoms with Gasteiger partial charge in [0, 0.05) is 5.33 Å². The second kappa shape index (κ2) is 6.02. The third-order valence-electron chi connectivity index (χ3n) is 2.83. The maximum atomic E-state index is 5.82. The van der Waals surface area contributed by atoms with Crippen molar-refractivity contribution in [3.05, 3.63) is 0 Å². The highest BCUT2D eigenvalue weighted by Gasteiger charge is 2.24. The van der Waals surface area contributed by atoms with Crippen molar-refractivity contribution in [1.29, 1.82) is 0 Å². The average molecular weight is 249 g/mol. The Kier molecular flexibility index (Phi) is 5.34. The standard InChI is InChI=1S/C11H21BrO/c1-3-4-10(8-12)7-11-6-5-9(2)13-11/h9-11H,3-8H2,1-2H3. The molecule has 13 heavy (non-hydrogen) atoms. The molecule has 1 nitrogen and oxygen atoms in total. The van der Waals surface area contributed by atoms with E-state index in [1.807, 2.05) is 0 Å². The van der Waals surface area contributed by atoms with Gasteiger partial charge in [0.25, 0.3) is 0 Å². The molecule has 3 unspecified atom stereocenters. The predicted octanol–water partition coefficient (Wildman–Crippen LogP) is 3.76. The monoisotopic (exact) mass is 248 g/mol. The van der Waals surface area contributed by atoms with Gasteiger partial charge < -0.3 is 4.74 Å². The molecule has 1 fully saturated rings. The fraction of sp³-hybridized carbons (Fsp3) is 1.00. The topological polar surface area (TPSA) is 9.23 Å². The molecule has 1 rings (SSSR count). The summed E-state index contributed by atoms with van der Waals surface area (Å²) in [5, 5.41) is 1.13. The van der Waals surface area contributed by atoms with Crippen LogP contribution in [0.5, 0.6) is 0 Å². The smallest absolute Gasteiger partial charge is 0.0582 e. The summed E-state index contributed by atoms with van der Waals surface area (Å²) in [4.78, 5) is 0. The summed E-state index contributed by atoms with van der Waals surface area (Å²) in [5.41, 5.74) is 0. The number of alkyl halides is 1. The van der Waals surface area contributed by atoms with E-state index in [0.29, 0.717) is 12.2 Å². The molecule has 1 heterocycles. The van der Waals surface area contributed by atoms with Crippen molar-refractivity contribution < 1.29 is 4.74 Å². The predicted molar refractivity (Wildman–Crippen MR) is 60.4 cm³/mol. The van der Waals surface area contributed by atoms with Crippen LogP contribution in [0.25, 0.3) is 0 Å². The van der Waals surface area contributed by atoms with E-state index in [1.54, 1.807) is 0 Å². The van der Waals surface area contributed by atoms with E-state index >= 15 is 0 Å². The molecule has 78 valence electrons. The van der Waals surface area contributed by atoms with Gasteiger partial charge in [-0.25, -0.2) is 0 Å². The highest BCUT2D eigenvalue weighted by atomic mass is 79.9. The molecule has 0 aromatic carbocycles. The van der Waals surface area contributed by atoms with Crippen LogP contribution in [-0.2, 0) is 4.74 Å². The zero-order chi connectivity index (χ0) is 9.68. The summed E-state index contributed by atoms with van der Waals surface area (Å²) in [5.74, 6) is 0.820. The van der Waals surface area contributed by atoms with E-state index in [4.69, 9.17) is 4.74 Å². The number of hydrogen-bond acceptors (Lipinski definition) is 1. The lowest BCUT2D eigenvalue weighted by Crippen LogP contribution is -2.15. The van der Waals surface area contributed by atoms with Gasteiger partial charge in [-0.15, -0.1) is 0 Å². The highest BCUT2D eigenvalue weighted by Crippen LogP contribution is 2.27. The first-order valence-corrected chi connectivity index (χ1v) is 6.59. The molecule has 0 amide bonds. The molecule has 0 aromatic rings. The zero-order valence-electron chi connectivity index (χ0n) is 8.76. The van der Waals surface area contributed by atoms with Crippen LogP contribution < -0.4 is 0 Å². The molecule has 1 aliphatic heterocycles. The van der Waals surface area contributed by atoms with Gasteiger partial charge in [-0.05, 0) is 38.5 Å². The normalized spacial score (nSPS) is 30.7. The first kappa shape index (κ1) is 11.5. The maximum Gasteiger partial charge on any atom is 0.0582 e. The molecule has 0 aromatic heterocycles. The van der Waals surface area contributed by atoms with Crippen molar-refractivity contribution in [2.24, 2.45) is 5.92 Å². The van der Waals surface area contributed by atoms with Crippen LogP contribution in [0.1, 0.15) is 46.0 Å². The highest BCUT2D eigenvalue weighted by molar-refractivity contribution is 9.09. The van der Waals surface area contributed by atoms with Crippen LogP contribution in [0.15, 0.2) is 0 Å². The van der Waals surface area contributed by atoms with E-state index in [2.05, 4.69) is 29.8 Å². The van der Waals surface area contributed by atoms with Crippen molar-refractivity contribution in [2.45, 2.75) is 58.2 Å². The summed E-state index contributed by atoms with van der Waals surface area (Å²) in [6, 6.07) is 0. The third-order valence-corrected chi connectivity index (χ3v) is 3.75. The fourth-order valence-corrected chi connectivity index (χ4v) is 2.68. The van der Waals surface area contributed by atoms with Crippen molar-refractivity contribution in [3.8, 4) is 0 Å². The lowest BCUT2D eigenvalue weighted by atomic mass is 9.97. The van der Waals surface area contributed by atoms with E-state index < -0.39 is 0 Å². The molecule has 0 spiro atoms. The van der Waals surface area contributed by atoms with E-state index in [1.165, 1.54) is 32.1 Å². The van der Waals surface area contributed by atoms with E-state index in [9.17, 15) is 0 Å². The number of ether oxygens (including phenoxy) is 1. The Morgan fingerprint density at radius 3 is 2.69 bits per heavy atom. The lowest BCUT2D eigenvalue weighted by molar-refractivity contribution is 0.0421. The van der Waals surface area contributed by atoms with Crippen molar-refractivity contribution in [3.63, 3.8) is 0 Å². The number of halogens is 1. The molecule has 0 saturated carbocycles. The Bertz CT molecular complexity index is 136. The van der Waals surface area contributed by atoms with Gasteiger partial charge in [-0.3, -0.25) is 0 Å². The van der Waals surface area contributed by atoms with E-state index in [-0.39, 0.29) is 0 Å². The van der Waals surface area contributed by atoms with Crippen LogP contribution in [-0.4, -0.2) is 17.5 Å². The minimum Gasteiger partial charge on any atom is -0.375 e. The maximum absolute atomic E-state index is 5.82. The Morgan fingerprint density at radius 2 is 2.23 bits per heavy atom. The molecule has 0 bridgehead atoms. The first-order chi connectivity index (χ1) is 6.26. The molecule has 0 aliphatic carbocycles. The average Bonchev–Trinajstić information content (AvgIpc) is 2.50. The molecular formula is C11H21BrO. The molecular weight excluding hydrogens is 228 g/mol. The van der Waals surface area contributed by atoms with Crippen LogP contribution in [0, 0.1) is 5.92 Å². The van der Waals surface area contributed by atoms with Gasteiger partial charge in [-0.1, -0.05) is 29.3 Å². The molecule has 2 heteroatoms. The Morgan fingerprint density at radius 1 is 1.46 bits per heavy atom. The van der Waals surface area contributed by atoms with Crippen molar-refractivity contribution in [2.75, 3.05) is 5.33 Å². The van der Waals surface area contributed by atoms with Crippen LogP contribution >= 0.6 is 15.9 Å². The SMILES string of the molecule is CCCC(CBr)CC1CCC(C)O1. The van der Waals surface area contributed by atoms with Crippen LogP contribution in [0.2, 0.25) is 0 Å². The second-order valence-electron chi connectivity index (χ2n) is 4.19.